The second kappa shape index (κ2) is 46.4. The van der Waals surface area contributed by atoms with Crippen molar-refractivity contribution in [2.45, 2.75) is 354 Å². The van der Waals surface area contributed by atoms with Crippen molar-refractivity contribution in [3.63, 3.8) is 0 Å². The van der Waals surface area contributed by atoms with Crippen LogP contribution in [0.5, 0.6) is 0 Å². The summed E-state index contributed by atoms with van der Waals surface area (Å²) < 4.78 is 0. The molecule has 0 unspecified atom stereocenters. The minimum Gasteiger partial charge on any atom is -0.0776 e. The molecule has 0 amide bonds. The Morgan fingerprint density at radius 3 is 0.750 bits per heavy atom. The number of rotatable bonds is 8. The van der Waals surface area contributed by atoms with E-state index in [1.54, 1.807) is 0 Å². The smallest absolute Gasteiger partial charge is 0.0213 e. The fourth-order valence-electron chi connectivity index (χ4n) is 13.7. The monoisotopic (exact) mass is 1360 g/mol. The molecular formula is C100H160. The summed E-state index contributed by atoms with van der Waals surface area (Å²) in [7, 11) is 0. The minimum atomic E-state index is 0. The van der Waals surface area contributed by atoms with Gasteiger partial charge < -0.3 is 0 Å². The molecule has 8 aromatic carbocycles. The highest BCUT2D eigenvalue weighted by Gasteiger charge is 2.13. The molecular weight excluding hydrogens is 1200 g/mol. The van der Waals surface area contributed by atoms with E-state index in [1.807, 2.05) is 0 Å². The molecule has 0 radical (unpaired) electrons. The van der Waals surface area contributed by atoms with Crippen LogP contribution in [0.4, 0.5) is 0 Å². The molecule has 0 heterocycles. The van der Waals surface area contributed by atoms with Crippen molar-refractivity contribution < 1.29 is 0 Å². The summed E-state index contributed by atoms with van der Waals surface area (Å²) in [6.07, 6.45) is 0. The van der Waals surface area contributed by atoms with Crippen molar-refractivity contribution in [3.05, 3.63) is 275 Å². The van der Waals surface area contributed by atoms with Crippen LogP contribution in [0.15, 0.2) is 97.1 Å². The zero-order valence-corrected chi connectivity index (χ0v) is 69.9. The molecule has 0 saturated carbocycles. The van der Waals surface area contributed by atoms with E-state index in [-0.39, 0.29) is 29.7 Å². The van der Waals surface area contributed by atoms with E-state index in [1.165, 1.54) is 178 Å². The lowest BCUT2D eigenvalue weighted by molar-refractivity contribution is 0.843. The fraction of sp³-hybridized carbons (Fsp3) is 0.520. The molecule has 0 fully saturated rings. The summed E-state index contributed by atoms with van der Waals surface area (Å²) >= 11 is 0. The molecule has 8 aromatic rings. The molecule has 0 saturated heterocycles. The average Bonchev–Trinajstić information content (AvgIpc) is 0.880. The summed E-state index contributed by atoms with van der Waals surface area (Å²) in [6.45, 7) is 88.6. The van der Waals surface area contributed by atoms with E-state index in [4.69, 9.17) is 0 Å². The second-order valence-corrected chi connectivity index (χ2v) is 31.4. The molecule has 560 valence electrons. The van der Waals surface area contributed by atoms with Gasteiger partial charge in [-0.2, -0.15) is 0 Å². The predicted octanol–water partition coefficient (Wildman–Crippen LogP) is 32.4. The van der Waals surface area contributed by atoms with Gasteiger partial charge in [0.05, 0.1) is 0 Å². The number of hydrogen-bond donors (Lipinski definition) is 0. The third-order valence-corrected chi connectivity index (χ3v) is 20.3. The molecule has 8 rings (SSSR count). The lowest BCUT2D eigenvalue weighted by Gasteiger charge is -2.15. The summed E-state index contributed by atoms with van der Waals surface area (Å²) in [6, 6.07) is 36.2. The van der Waals surface area contributed by atoms with Gasteiger partial charge in [-0.3, -0.25) is 0 Å². The Balaban J connectivity index is -0.000000524. The van der Waals surface area contributed by atoms with Crippen molar-refractivity contribution in [3.8, 4) is 0 Å². The Kier molecular flexibility index (Phi) is 46.4. The summed E-state index contributed by atoms with van der Waals surface area (Å²) in [5.74, 6) is 5.14. The maximum atomic E-state index is 2.31. The Labute approximate surface area is 625 Å². The molecule has 0 aliphatic rings. The topological polar surface area (TPSA) is 0 Å². The highest BCUT2D eigenvalue weighted by atomic mass is 14.2. The van der Waals surface area contributed by atoms with Gasteiger partial charge >= 0.3 is 0 Å². The van der Waals surface area contributed by atoms with E-state index >= 15 is 0 Å². The molecule has 0 N–H and O–H groups in total. The highest BCUT2D eigenvalue weighted by Crippen LogP contribution is 2.30. The number of hydrogen-bond acceptors (Lipinski definition) is 0. The lowest BCUT2D eigenvalue weighted by atomic mass is 9.91. The zero-order valence-electron chi connectivity index (χ0n) is 69.9. The molecule has 100 heavy (non-hydrogen) atoms. The first kappa shape index (κ1) is 100. The van der Waals surface area contributed by atoms with Crippen molar-refractivity contribution in [1.82, 2.24) is 0 Å². The van der Waals surface area contributed by atoms with Crippen molar-refractivity contribution in [2.75, 3.05) is 0 Å². The maximum absolute atomic E-state index is 2.31. The van der Waals surface area contributed by atoms with Gasteiger partial charge in [-0.25, -0.2) is 0 Å². The van der Waals surface area contributed by atoms with Crippen LogP contribution in [0, 0.1) is 166 Å². The first-order valence-corrected chi connectivity index (χ1v) is 36.8. The molecule has 0 bridgehead atoms. The van der Waals surface area contributed by atoms with Crippen molar-refractivity contribution >= 4 is 0 Å². The van der Waals surface area contributed by atoms with Crippen LogP contribution < -0.4 is 0 Å². The Morgan fingerprint density at radius 2 is 0.440 bits per heavy atom. The summed E-state index contributed by atoms with van der Waals surface area (Å²) in [5, 5.41) is 0. The molecule has 0 aliphatic heterocycles. The van der Waals surface area contributed by atoms with Crippen LogP contribution in [0.3, 0.4) is 0 Å². The van der Waals surface area contributed by atoms with Crippen molar-refractivity contribution in [2.24, 2.45) is 0 Å². The molecule has 0 atom stereocenters. The third-order valence-electron chi connectivity index (χ3n) is 20.3. The van der Waals surface area contributed by atoms with Gasteiger partial charge in [-0.05, 0) is 380 Å². The van der Waals surface area contributed by atoms with Crippen LogP contribution in [0.2, 0.25) is 0 Å². The molecule has 0 spiro atoms. The maximum Gasteiger partial charge on any atom is -0.0213 e. The summed E-state index contributed by atoms with van der Waals surface area (Å²) in [5.41, 5.74) is 46.1. The molecule has 0 aromatic heterocycles. The second-order valence-electron chi connectivity index (χ2n) is 31.4. The third kappa shape index (κ3) is 30.8. The summed E-state index contributed by atoms with van der Waals surface area (Å²) in [4.78, 5) is 0. The quantitative estimate of drug-likeness (QED) is 0.142. The Bertz CT molecular complexity index is 3560. The fourth-order valence-corrected chi connectivity index (χ4v) is 13.7. The van der Waals surface area contributed by atoms with E-state index in [0.29, 0.717) is 47.3 Å². The molecule has 0 heteroatoms. The molecule has 0 aliphatic carbocycles. The first-order valence-electron chi connectivity index (χ1n) is 36.8. The van der Waals surface area contributed by atoms with Crippen LogP contribution in [0.1, 0.15) is 366 Å². The van der Waals surface area contributed by atoms with Gasteiger partial charge in [0.2, 0.25) is 0 Å². The number of aryl methyl sites for hydroxylation is 18. The van der Waals surface area contributed by atoms with Crippen LogP contribution in [-0.4, -0.2) is 0 Å². The minimum absolute atomic E-state index is 0. The van der Waals surface area contributed by atoms with E-state index < -0.39 is 0 Å². The largest absolute Gasteiger partial charge is 0.0776 e. The predicted molar refractivity (Wildman–Crippen MR) is 465 cm³/mol. The van der Waals surface area contributed by atoms with E-state index in [2.05, 4.69) is 374 Å². The van der Waals surface area contributed by atoms with Gasteiger partial charge in [0.25, 0.3) is 0 Å². The number of benzene rings is 8. The molecule has 0 nitrogen and oxygen atoms in total. The van der Waals surface area contributed by atoms with Gasteiger partial charge in [-0.15, -0.1) is 0 Å². The van der Waals surface area contributed by atoms with Crippen LogP contribution in [-0.2, 0) is 0 Å². The standard InChI is InChI=1S/8C12H18.4CH4/c1-8(2)12-6-9(3)11(5)10(4)7-12;2*1-8(2)12-7-10(4)9(3)6-11(12)5;1-8(2)12-7-9(3)6-10(4)11(12)5;1-8(2)12-10(4)6-9(3)7-11(12)5;1-8(2)12-7-6-9(3)10(4)11(12)5;2*1-8(2)12-10(4)7-6-9(3)11(12)5;;;;/h8*6-8H,1-5H3;4*1H4. The normalized spacial score (nSPS) is 10.4. The Morgan fingerprint density at radius 1 is 0.160 bits per heavy atom. The van der Waals surface area contributed by atoms with E-state index in [9.17, 15) is 0 Å². The first-order chi connectivity index (χ1) is 44.2. The van der Waals surface area contributed by atoms with Crippen LogP contribution in [0.25, 0.3) is 0 Å². The van der Waals surface area contributed by atoms with Crippen molar-refractivity contribution in [1.29, 1.82) is 0 Å². The van der Waals surface area contributed by atoms with Crippen LogP contribution >= 0.6 is 0 Å². The van der Waals surface area contributed by atoms with Gasteiger partial charge in [0.15, 0.2) is 0 Å². The van der Waals surface area contributed by atoms with Gasteiger partial charge in [-0.1, -0.05) is 249 Å². The average molecular weight is 1360 g/mol. The van der Waals surface area contributed by atoms with Gasteiger partial charge in [0.1, 0.15) is 0 Å². The highest BCUT2D eigenvalue weighted by molar-refractivity contribution is 5.45. The zero-order chi connectivity index (χ0) is 74.4. The van der Waals surface area contributed by atoms with Gasteiger partial charge in [0, 0.05) is 0 Å². The van der Waals surface area contributed by atoms with E-state index in [0.717, 1.165) is 0 Å². The Hall–Kier alpha value is -6.24. The lowest BCUT2D eigenvalue weighted by Crippen LogP contribution is -1.97. The SMILES string of the molecule is C.C.C.C.Cc1cc(C(C)C)cc(C)c1C.Cc1cc(C)c(C(C)C)c(C)c1.Cc1cc(C)c(C(C)C)cc1C.Cc1cc(C)c(C(C)C)cc1C.Cc1cc(C)c(C)c(C(C)C)c1.Cc1ccc(C(C)C)c(C)c1C.Cc1ccc(C)c(C(C)C)c1C.Cc1ccc(C)c(C(C)C)c1C.